The summed E-state index contributed by atoms with van der Waals surface area (Å²) >= 11 is 9.19. The quantitative estimate of drug-likeness (QED) is 0.615. The summed E-state index contributed by atoms with van der Waals surface area (Å²) in [6, 6.07) is 5.31. The summed E-state index contributed by atoms with van der Waals surface area (Å²) in [7, 11) is 0. The van der Waals surface area contributed by atoms with Gasteiger partial charge in [0.1, 0.15) is 24.4 Å². The van der Waals surface area contributed by atoms with Crippen LogP contribution in [0.2, 0.25) is 5.02 Å². The van der Waals surface area contributed by atoms with Gasteiger partial charge in [-0.05, 0) is 34.1 Å². The van der Waals surface area contributed by atoms with Gasteiger partial charge in [-0.2, -0.15) is 0 Å². The van der Waals surface area contributed by atoms with Crippen molar-refractivity contribution in [1.82, 2.24) is 14.6 Å². The highest BCUT2D eigenvalue weighted by Gasteiger charge is 2.31. The molecule has 5 nitrogen and oxygen atoms in total. The lowest BCUT2D eigenvalue weighted by molar-refractivity contribution is -0.274. The first-order valence-electron chi connectivity index (χ1n) is 6.47. The molecular formula is C14H8BrClF3N3O2. The van der Waals surface area contributed by atoms with Crippen LogP contribution in [0.25, 0.3) is 5.65 Å². The lowest BCUT2D eigenvalue weighted by atomic mass is 10.3. The summed E-state index contributed by atoms with van der Waals surface area (Å²) in [5.74, 6) is -0.299. The van der Waals surface area contributed by atoms with Crippen molar-refractivity contribution in [2.24, 2.45) is 0 Å². The Morgan fingerprint density at radius 3 is 2.67 bits per heavy atom. The van der Waals surface area contributed by atoms with Crippen LogP contribution in [0.3, 0.4) is 0 Å². The van der Waals surface area contributed by atoms with Crippen molar-refractivity contribution in [1.29, 1.82) is 0 Å². The first-order valence-corrected chi connectivity index (χ1v) is 7.64. The number of alkyl halides is 3. The normalized spacial score (nSPS) is 11.7. The Hall–Kier alpha value is -2.00. The van der Waals surface area contributed by atoms with Gasteiger partial charge in [0.05, 0.1) is 0 Å². The van der Waals surface area contributed by atoms with E-state index < -0.39 is 12.1 Å². The number of hydrogen-bond donors (Lipinski definition) is 0. The van der Waals surface area contributed by atoms with E-state index in [9.17, 15) is 13.2 Å². The second-order valence-electron chi connectivity index (χ2n) is 4.70. The van der Waals surface area contributed by atoms with Gasteiger partial charge in [-0.15, -0.1) is 23.4 Å². The molecule has 0 radical (unpaired) electrons. The van der Waals surface area contributed by atoms with Crippen molar-refractivity contribution >= 4 is 33.2 Å². The third-order valence-corrected chi connectivity index (χ3v) is 3.87. The van der Waals surface area contributed by atoms with Crippen molar-refractivity contribution in [3.05, 3.63) is 51.8 Å². The average Bonchev–Trinajstić information content (AvgIpc) is 2.89. The Kier molecular flexibility index (Phi) is 4.55. The fourth-order valence-corrected chi connectivity index (χ4v) is 2.63. The number of hydrogen-bond acceptors (Lipinski definition) is 4. The third-order valence-electron chi connectivity index (χ3n) is 2.94. The Bertz CT molecular complexity index is 885. The second-order valence-corrected chi connectivity index (χ2v) is 5.99. The first-order chi connectivity index (χ1) is 11.3. The minimum absolute atomic E-state index is 0.0683. The molecule has 0 aliphatic rings. The molecule has 2 heterocycles. The summed E-state index contributed by atoms with van der Waals surface area (Å²) in [4.78, 5) is 0. The molecule has 3 aromatic rings. The van der Waals surface area contributed by atoms with Gasteiger partial charge in [0.2, 0.25) is 0 Å². The van der Waals surface area contributed by atoms with Crippen LogP contribution in [0.15, 0.2) is 41.3 Å². The molecule has 3 rings (SSSR count). The predicted octanol–water partition coefficient (Wildman–Crippen LogP) is 4.62. The van der Waals surface area contributed by atoms with Gasteiger partial charge in [0, 0.05) is 27.3 Å². The molecule has 0 N–H and O–H groups in total. The van der Waals surface area contributed by atoms with Crippen LogP contribution in [-0.2, 0) is 6.61 Å². The highest BCUT2D eigenvalue weighted by Crippen LogP contribution is 2.31. The molecule has 10 heteroatoms. The van der Waals surface area contributed by atoms with Gasteiger partial charge in [0.15, 0.2) is 5.65 Å². The van der Waals surface area contributed by atoms with E-state index in [0.29, 0.717) is 5.65 Å². The maximum absolute atomic E-state index is 12.3. The van der Waals surface area contributed by atoms with Gasteiger partial charge < -0.3 is 9.47 Å². The van der Waals surface area contributed by atoms with Gasteiger partial charge in [-0.3, -0.25) is 4.40 Å². The summed E-state index contributed by atoms with van der Waals surface area (Å²) in [6.45, 7) is 0.0930. The number of rotatable bonds is 4. The summed E-state index contributed by atoms with van der Waals surface area (Å²) in [6.07, 6.45) is -1.50. The number of halogens is 5. The summed E-state index contributed by atoms with van der Waals surface area (Å²) in [5.41, 5.74) is 1.36. The zero-order chi connectivity index (χ0) is 17.3. The molecule has 0 atom stereocenters. The van der Waals surface area contributed by atoms with Gasteiger partial charge in [0.25, 0.3) is 0 Å². The maximum Gasteiger partial charge on any atom is 0.573 e. The smallest absolute Gasteiger partial charge is 0.489 e. The highest BCUT2D eigenvalue weighted by molar-refractivity contribution is 9.10. The zero-order valence-electron chi connectivity index (χ0n) is 11.7. The van der Waals surface area contributed by atoms with Crippen molar-refractivity contribution in [2.45, 2.75) is 13.0 Å². The maximum atomic E-state index is 12.3. The molecule has 126 valence electrons. The number of benzene rings is 1. The van der Waals surface area contributed by atoms with Crippen LogP contribution in [0, 0.1) is 0 Å². The first kappa shape index (κ1) is 16.8. The number of fused-ring (bicyclic) bond motifs is 1. The van der Waals surface area contributed by atoms with E-state index >= 15 is 0 Å². The molecule has 0 spiro atoms. The SMILES string of the molecule is FC(F)(F)Oc1cc(Cl)cc(OCc2cc3nncn3cc2Br)c1. The standard InChI is InChI=1S/C14H8BrClF3N3O2/c15-12-5-22-7-20-21-13(22)1-8(12)6-23-10-2-9(16)3-11(4-10)24-14(17,18)19/h1-5,7H,6H2. The van der Waals surface area contributed by atoms with E-state index in [1.165, 1.54) is 6.07 Å². The molecule has 0 saturated heterocycles. The number of nitrogens with zero attached hydrogens (tertiary/aromatic N) is 3. The summed E-state index contributed by atoms with van der Waals surface area (Å²) < 4.78 is 48.7. The van der Waals surface area contributed by atoms with Crippen molar-refractivity contribution in [3.63, 3.8) is 0 Å². The van der Waals surface area contributed by atoms with E-state index in [4.69, 9.17) is 16.3 Å². The molecule has 0 aliphatic carbocycles. The Labute approximate surface area is 147 Å². The van der Waals surface area contributed by atoms with Crippen LogP contribution in [-0.4, -0.2) is 21.0 Å². The number of pyridine rings is 1. The molecule has 0 aliphatic heterocycles. The van der Waals surface area contributed by atoms with Crippen molar-refractivity contribution in [2.75, 3.05) is 0 Å². The van der Waals surface area contributed by atoms with Gasteiger partial charge in [-0.25, -0.2) is 0 Å². The number of aromatic nitrogens is 3. The largest absolute Gasteiger partial charge is 0.573 e. The summed E-state index contributed by atoms with van der Waals surface area (Å²) in [5, 5.41) is 7.75. The van der Waals surface area contributed by atoms with Crippen LogP contribution in [0.5, 0.6) is 11.5 Å². The Morgan fingerprint density at radius 2 is 1.92 bits per heavy atom. The molecule has 0 amide bonds. The van der Waals surface area contributed by atoms with Crippen LogP contribution < -0.4 is 9.47 Å². The molecule has 1 aromatic carbocycles. The monoisotopic (exact) mass is 421 g/mol. The Morgan fingerprint density at radius 1 is 1.17 bits per heavy atom. The van der Waals surface area contributed by atoms with Gasteiger partial charge in [-0.1, -0.05) is 11.6 Å². The topological polar surface area (TPSA) is 48.7 Å². The zero-order valence-corrected chi connectivity index (χ0v) is 14.1. The lowest BCUT2D eigenvalue weighted by Crippen LogP contribution is -2.17. The van der Waals surface area contributed by atoms with Crippen molar-refractivity contribution in [3.8, 4) is 11.5 Å². The number of ether oxygens (including phenoxy) is 2. The molecule has 0 unspecified atom stereocenters. The molecule has 0 bridgehead atoms. The predicted molar refractivity (Wildman–Crippen MR) is 83.2 cm³/mol. The fourth-order valence-electron chi connectivity index (χ4n) is 1.97. The van der Waals surface area contributed by atoms with E-state index in [0.717, 1.165) is 22.2 Å². The lowest BCUT2D eigenvalue weighted by Gasteiger charge is -2.12. The minimum atomic E-state index is -4.80. The van der Waals surface area contributed by atoms with E-state index in [2.05, 4.69) is 30.9 Å². The van der Waals surface area contributed by atoms with Crippen LogP contribution in [0.4, 0.5) is 13.2 Å². The fraction of sp³-hybridized carbons (Fsp3) is 0.143. The molecule has 24 heavy (non-hydrogen) atoms. The average molecular weight is 423 g/mol. The molecular weight excluding hydrogens is 415 g/mol. The molecule has 0 saturated carbocycles. The molecule has 0 fully saturated rings. The van der Waals surface area contributed by atoms with E-state index in [-0.39, 0.29) is 17.4 Å². The van der Waals surface area contributed by atoms with Gasteiger partial charge >= 0.3 is 6.36 Å². The van der Waals surface area contributed by atoms with Crippen molar-refractivity contribution < 1.29 is 22.6 Å². The van der Waals surface area contributed by atoms with Crippen LogP contribution >= 0.6 is 27.5 Å². The highest BCUT2D eigenvalue weighted by atomic mass is 79.9. The second kappa shape index (κ2) is 6.48. The van der Waals surface area contributed by atoms with E-state index in [1.54, 1.807) is 23.0 Å². The third kappa shape index (κ3) is 4.09. The minimum Gasteiger partial charge on any atom is -0.489 e. The van der Waals surface area contributed by atoms with Crippen LogP contribution in [0.1, 0.15) is 5.56 Å². The Balaban J connectivity index is 1.79. The molecule has 2 aromatic heterocycles. The van der Waals surface area contributed by atoms with E-state index in [1.807, 2.05) is 0 Å².